The molecule has 1 atom stereocenters. The predicted octanol–water partition coefficient (Wildman–Crippen LogP) is 3.42. The van der Waals surface area contributed by atoms with E-state index in [1.165, 1.54) is 11.3 Å². The molecular weight excluding hydrogens is 270 g/mol. The zero-order valence-corrected chi connectivity index (χ0v) is 13.0. The lowest BCUT2D eigenvalue weighted by Crippen LogP contribution is -2.18. The summed E-state index contributed by atoms with van der Waals surface area (Å²) in [4.78, 5) is 0. The Morgan fingerprint density at radius 2 is 1.90 bits per heavy atom. The van der Waals surface area contributed by atoms with Crippen LogP contribution in [-0.4, -0.2) is 16.7 Å². The molecule has 0 amide bonds. The van der Waals surface area contributed by atoms with Crippen molar-refractivity contribution in [1.29, 1.82) is 0 Å². The number of benzene rings is 1. The van der Waals surface area contributed by atoms with Gasteiger partial charge in [0.25, 0.3) is 5.19 Å². The maximum absolute atomic E-state index is 5.83. The Balaban J connectivity index is 1.86. The second-order valence-electron chi connectivity index (χ2n) is 5.16. The Morgan fingerprint density at radius 1 is 1.15 bits per heavy atom. The first-order valence-corrected chi connectivity index (χ1v) is 7.71. The van der Waals surface area contributed by atoms with Gasteiger partial charge in [-0.1, -0.05) is 60.6 Å². The molecule has 0 aliphatic carbocycles. The quantitative estimate of drug-likeness (QED) is 0.849. The molecule has 0 aliphatic heterocycles. The molecule has 2 aromatic rings. The number of nitrogens with zero attached hydrogens (tertiary/aromatic N) is 2. The summed E-state index contributed by atoms with van der Waals surface area (Å²) in [6, 6.07) is 10.1. The lowest BCUT2D eigenvalue weighted by molar-refractivity contribution is 0.224. The molecule has 1 aromatic heterocycles. The summed E-state index contributed by atoms with van der Waals surface area (Å²) in [5.41, 5.74) is 1.14. The lowest BCUT2D eigenvalue weighted by atomic mass is 10.1. The summed E-state index contributed by atoms with van der Waals surface area (Å²) in [7, 11) is 0. The van der Waals surface area contributed by atoms with Crippen LogP contribution in [0.1, 0.15) is 37.4 Å². The number of ether oxygens (including phenoxy) is 1. The molecule has 1 heterocycles. The number of hydrogen-bond donors (Lipinski definition) is 1. The summed E-state index contributed by atoms with van der Waals surface area (Å²) in [6.07, 6.45) is -0.0133. The second-order valence-corrected chi connectivity index (χ2v) is 6.18. The van der Waals surface area contributed by atoms with Crippen molar-refractivity contribution in [1.82, 2.24) is 15.5 Å². The Bertz CT molecular complexity index is 513. The van der Waals surface area contributed by atoms with Gasteiger partial charge in [-0.25, -0.2) is 0 Å². The minimum absolute atomic E-state index is 0.0133. The molecule has 0 spiro atoms. The fourth-order valence-corrected chi connectivity index (χ4v) is 2.50. The minimum Gasteiger partial charge on any atom is -0.461 e. The van der Waals surface area contributed by atoms with Crippen LogP contribution in [0.2, 0.25) is 0 Å². The lowest BCUT2D eigenvalue weighted by Gasteiger charge is -2.11. The van der Waals surface area contributed by atoms with Crippen molar-refractivity contribution in [2.75, 3.05) is 6.54 Å². The Labute approximate surface area is 124 Å². The van der Waals surface area contributed by atoms with Gasteiger partial charge in [-0.05, 0) is 24.9 Å². The third kappa shape index (κ3) is 4.58. The molecule has 1 N–H and O–H groups in total. The van der Waals surface area contributed by atoms with Crippen molar-refractivity contribution in [2.45, 2.75) is 33.4 Å². The van der Waals surface area contributed by atoms with Gasteiger partial charge >= 0.3 is 0 Å². The van der Waals surface area contributed by atoms with Gasteiger partial charge in [0.1, 0.15) is 11.1 Å². The SMILES string of the molecule is CC(C)CNCc1nnc(OC(C)c2ccccc2)s1. The number of rotatable bonds is 7. The largest absolute Gasteiger partial charge is 0.461 e. The normalized spacial score (nSPS) is 12.6. The molecule has 108 valence electrons. The van der Waals surface area contributed by atoms with Crippen LogP contribution in [0.4, 0.5) is 0 Å². The molecule has 0 saturated carbocycles. The third-order valence-electron chi connectivity index (χ3n) is 2.82. The molecular formula is C15H21N3OS. The van der Waals surface area contributed by atoms with E-state index in [0.717, 1.165) is 23.7 Å². The molecule has 4 nitrogen and oxygen atoms in total. The monoisotopic (exact) mass is 291 g/mol. The van der Waals surface area contributed by atoms with E-state index in [1.807, 2.05) is 25.1 Å². The molecule has 1 aromatic carbocycles. The van der Waals surface area contributed by atoms with Crippen LogP contribution >= 0.6 is 11.3 Å². The van der Waals surface area contributed by atoms with Gasteiger partial charge in [0, 0.05) is 6.54 Å². The summed E-state index contributed by atoms with van der Waals surface area (Å²) in [5.74, 6) is 0.636. The van der Waals surface area contributed by atoms with E-state index in [9.17, 15) is 0 Å². The molecule has 1 unspecified atom stereocenters. The Morgan fingerprint density at radius 3 is 2.60 bits per heavy atom. The zero-order valence-electron chi connectivity index (χ0n) is 12.2. The third-order valence-corrected chi connectivity index (χ3v) is 3.64. The van der Waals surface area contributed by atoms with Crippen LogP contribution in [0.25, 0.3) is 0 Å². The van der Waals surface area contributed by atoms with Crippen LogP contribution in [-0.2, 0) is 6.54 Å². The molecule has 0 fully saturated rings. The Kier molecular flexibility index (Phi) is 5.49. The van der Waals surface area contributed by atoms with Gasteiger partial charge in [-0.2, -0.15) is 0 Å². The highest BCUT2D eigenvalue weighted by Gasteiger charge is 2.11. The van der Waals surface area contributed by atoms with E-state index in [0.29, 0.717) is 11.1 Å². The van der Waals surface area contributed by atoms with Gasteiger partial charge in [-0.3, -0.25) is 0 Å². The van der Waals surface area contributed by atoms with E-state index in [1.54, 1.807) is 0 Å². The first kappa shape index (κ1) is 14.9. The van der Waals surface area contributed by atoms with Gasteiger partial charge in [0.05, 0.1) is 0 Å². The first-order chi connectivity index (χ1) is 9.65. The van der Waals surface area contributed by atoms with Crippen LogP contribution in [0.5, 0.6) is 5.19 Å². The highest BCUT2D eigenvalue weighted by molar-refractivity contribution is 7.13. The average Bonchev–Trinajstić information content (AvgIpc) is 2.87. The van der Waals surface area contributed by atoms with Gasteiger partial charge in [-0.15, -0.1) is 5.10 Å². The molecule has 5 heteroatoms. The van der Waals surface area contributed by atoms with E-state index in [4.69, 9.17) is 4.74 Å². The average molecular weight is 291 g/mol. The zero-order chi connectivity index (χ0) is 14.4. The highest BCUT2D eigenvalue weighted by Crippen LogP contribution is 2.24. The summed E-state index contributed by atoms with van der Waals surface area (Å²) < 4.78 is 5.83. The van der Waals surface area contributed by atoms with Crippen LogP contribution in [0, 0.1) is 5.92 Å². The van der Waals surface area contributed by atoms with Crippen molar-refractivity contribution in [3.05, 3.63) is 40.9 Å². The molecule has 0 radical (unpaired) electrons. The maximum atomic E-state index is 5.83. The summed E-state index contributed by atoms with van der Waals surface area (Å²) in [5, 5.41) is 13.2. The number of nitrogens with one attached hydrogen (secondary N) is 1. The van der Waals surface area contributed by atoms with Crippen molar-refractivity contribution in [3.63, 3.8) is 0 Å². The topological polar surface area (TPSA) is 47.0 Å². The van der Waals surface area contributed by atoms with Crippen molar-refractivity contribution >= 4 is 11.3 Å². The van der Waals surface area contributed by atoms with E-state index in [-0.39, 0.29) is 6.10 Å². The minimum atomic E-state index is -0.0133. The Hall–Kier alpha value is -1.46. The van der Waals surface area contributed by atoms with Crippen molar-refractivity contribution in [3.8, 4) is 5.19 Å². The van der Waals surface area contributed by atoms with Gasteiger partial charge < -0.3 is 10.1 Å². The van der Waals surface area contributed by atoms with E-state index in [2.05, 4.69) is 41.5 Å². The van der Waals surface area contributed by atoms with Crippen LogP contribution in [0.3, 0.4) is 0 Å². The fourth-order valence-electron chi connectivity index (χ4n) is 1.77. The van der Waals surface area contributed by atoms with Crippen molar-refractivity contribution in [2.24, 2.45) is 5.92 Å². The highest BCUT2D eigenvalue weighted by atomic mass is 32.1. The molecule has 20 heavy (non-hydrogen) atoms. The van der Waals surface area contributed by atoms with Crippen LogP contribution in [0.15, 0.2) is 30.3 Å². The summed E-state index contributed by atoms with van der Waals surface area (Å²) in [6.45, 7) is 8.12. The van der Waals surface area contributed by atoms with Gasteiger partial charge in [0.15, 0.2) is 0 Å². The number of aromatic nitrogens is 2. The maximum Gasteiger partial charge on any atom is 0.294 e. The predicted molar refractivity (Wildman–Crippen MR) is 81.9 cm³/mol. The molecule has 2 rings (SSSR count). The molecule has 0 bridgehead atoms. The van der Waals surface area contributed by atoms with Gasteiger partial charge in [0.2, 0.25) is 0 Å². The standard InChI is InChI=1S/C15H21N3OS/c1-11(2)9-16-10-14-17-18-15(20-14)19-12(3)13-7-5-4-6-8-13/h4-8,11-12,16H,9-10H2,1-3H3. The second kappa shape index (κ2) is 7.36. The smallest absolute Gasteiger partial charge is 0.294 e. The van der Waals surface area contributed by atoms with Crippen molar-refractivity contribution < 1.29 is 4.74 Å². The fraction of sp³-hybridized carbons (Fsp3) is 0.467. The first-order valence-electron chi connectivity index (χ1n) is 6.90. The van der Waals surface area contributed by atoms with Crippen LogP contribution < -0.4 is 10.1 Å². The van der Waals surface area contributed by atoms with E-state index >= 15 is 0 Å². The molecule has 0 aliphatic rings. The summed E-state index contributed by atoms with van der Waals surface area (Å²) >= 11 is 1.50. The molecule has 0 saturated heterocycles. The number of hydrogen-bond acceptors (Lipinski definition) is 5. The van der Waals surface area contributed by atoms with E-state index < -0.39 is 0 Å².